The van der Waals surface area contributed by atoms with Crippen LogP contribution in [0.2, 0.25) is 0 Å². The third kappa shape index (κ3) is 5.69. The fourth-order valence-electron chi connectivity index (χ4n) is 4.14. The molecular formula is C19H33ClN4O2. The van der Waals surface area contributed by atoms with E-state index >= 15 is 0 Å². The Labute approximate surface area is 162 Å². The molecule has 2 N–H and O–H groups in total. The number of aromatic nitrogens is 2. The minimum atomic E-state index is -0.0795. The summed E-state index contributed by atoms with van der Waals surface area (Å²) in [7, 11) is 0. The van der Waals surface area contributed by atoms with Crippen molar-refractivity contribution in [1.82, 2.24) is 20.4 Å². The van der Waals surface area contributed by atoms with Gasteiger partial charge in [-0.2, -0.15) is 5.10 Å². The summed E-state index contributed by atoms with van der Waals surface area (Å²) in [5.41, 5.74) is 0.513. The lowest BCUT2D eigenvalue weighted by Gasteiger charge is -2.23. The van der Waals surface area contributed by atoms with Crippen molar-refractivity contribution in [3.8, 4) is 0 Å². The number of rotatable bonds is 8. The number of carbonyl (C=O) groups excluding carboxylic acids is 1. The van der Waals surface area contributed by atoms with Crippen molar-refractivity contribution in [1.29, 1.82) is 0 Å². The van der Waals surface area contributed by atoms with Crippen LogP contribution in [0.3, 0.4) is 0 Å². The molecule has 0 aromatic carbocycles. The van der Waals surface area contributed by atoms with Crippen LogP contribution in [-0.2, 0) is 4.74 Å². The molecule has 2 unspecified atom stereocenters. The fraction of sp³-hybridized carbons (Fsp3) is 0.789. The first-order valence-corrected chi connectivity index (χ1v) is 9.93. The molecule has 6 nitrogen and oxygen atoms in total. The van der Waals surface area contributed by atoms with Crippen molar-refractivity contribution in [3.63, 3.8) is 0 Å². The molecule has 0 bridgehead atoms. The molecule has 26 heavy (non-hydrogen) atoms. The predicted molar refractivity (Wildman–Crippen MR) is 105 cm³/mol. The van der Waals surface area contributed by atoms with Crippen LogP contribution < -0.4 is 10.6 Å². The third-order valence-electron chi connectivity index (χ3n) is 5.51. The van der Waals surface area contributed by atoms with Crippen molar-refractivity contribution in [2.24, 2.45) is 5.92 Å². The third-order valence-corrected chi connectivity index (χ3v) is 5.51. The molecule has 1 aromatic rings. The van der Waals surface area contributed by atoms with Crippen LogP contribution in [-0.4, -0.2) is 48.0 Å². The molecule has 0 radical (unpaired) electrons. The second-order valence-corrected chi connectivity index (χ2v) is 7.26. The van der Waals surface area contributed by atoms with E-state index in [1.54, 1.807) is 0 Å². The van der Waals surface area contributed by atoms with Crippen LogP contribution in [0.25, 0.3) is 0 Å². The molecule has 2 atom stereocenters. The lowest BCUT2D eigenvalue weighted by molar-refractivity contribution is 0.0163. The molecule has 2 fully saturated rings. The first-order valence-electron chi connectivity index (χ1n) is 9.93. The standard InChI is InChI=1S/C19H32N4O2.ClH/c1-2-25-18(15-6-3-4-7-15)9-12-21-19(24)17-10-13-23(22-17)16-8-5-11-20-14-16;/h10,13,15-16,18,20H,2-9,11-12,14H2,1H3,(H,21,24);1H. The zero-order chi connectivity index (χ0) is 17.5. The number of carbonyl (C=O) groups is 1. The molecule has 148 valence electrons. The Balaban J connectivity index is 0.00000243. The van der Waals surface area contributed by atoms with E-state index in [1.165, 1.54) is 25.7 Å². The van der Waals surface area contributed by atoms with Crippen LogP contribution in [0.4, 0.5) is 0 Å². The molecule has 7 heteroatoms. The summed E-state index contributed by atoms with van der Waals surface area (Å²) in [4.78, 5) is 12.4. The largest absolute Gasteiger partial charge is 0.378 e. The number of nitrogens with zero attached hydrogens (tertiary/aromatic N) is 2. The second kappa shape index (κ2) is 10.9. The van der Waals surface area contributed by atoms with Crippen molar-refractivity contribution < 1.29 is 9.53 Å². The Morgan fingerprint density at radius 1 is 1.38 bits per heavy atom. The molecule has 0 spiro atoms. The molecule has 1 saturated carbocycles. The maximum Gasteiger partial charge on any atom is 0.271 e. The Morgan fingerprint density at radius 3 is 2.88 bits per heavy atom. The van der Waals surface area contributed by atoms with Gasteiger partial charge in [-0.1, -0.05) is 12.8 Å². The molecule has 1 aromatic heterocycles. The minimum absolute atomic E-state index is 0. The van der Waals surface area contributed by atoms with Gasteiger partial charge in [0.25, 0.3) is 5.91 Å². The highest BCUT2D eigenvalue weighted by atomic mass is 35.5. The van der Waals surface area contributed by atoms with E-state index in [9.17, 15) is 4.79 Å². The second-order valence-electron chi connectivity index (χ2n) is 7.26. The van der Waals surface area contributed by atoms with Gasteiger partial charge in [0.05, 0.1) is 12.1 Å². The molecule has 1 saturated heterocycles. The SMILES string of the molecule is CCOC(CCNC(=O)c1ccn(C2CCCNC2)n1)C1CCCC1.Cl. The average molecular weight is 385 g/mol. The van der Waals surface area contributed by atoms with E-state index in [0.717, 1.165) is 39.0 Å². The Hall–Kier alpha value is -1.11. The van der Waals surface area contributed by atoms with Gasteiger partial charge in [0.1, 0.15) is 5.69 Å². The summed E-state index contributed by atoms with van der Waals surface area (Å²) < 4.78 is 7.85. The number of ether oxygens (including phenoxy) is 1. The fourth-order valence-corrected chi connectivity index (χ4v) is 4.14. The maximum absolute atomic E-state index is 12.4. The zero-order valence-electron chi connectivity index (χ0n) is 15.8. The van der Waals surface area contributed by atoms with Gasteiger partial charge in [-0.3, -0.25) is 9.48 Å². The normalized spacial score (nSPS) is 22.0. The van der Waals surface area contributed by atoms with E-state index in [4.69, 9.17) is 4.74 Å². The van der Waals surface area contributed by atoms with Crippen LogP contribution in [0, 0.1) is 5.92 Å². The highest BCUT2D eigenvalue weighted by Crippen LogP contribution is 2.30. The van der Waals surface area contributed by atoms with Gasteiger partial charge < -0.3 is 15.4 Å². The Kier molecular flexibility index (Phi) is 8.88. The Morgan fingerprint density at radius 2 is 2.19 bits per heavy atom. The molecule has 2 aliphatic rings. The van der Waals surface area contributed by atoms with E-state index in [0.29, 0.717) is 24.2 Å². The predicted octanol–water partition coefficient (Wildman–Crippen LogP) is 2.94. The van der Waals surface area contributed by atoms with Crippen LogP contribution in [0.15, 0.2) is 12.3 Å². The molecule has 1 amide bonds. The van der Waals surface area contributed by atoms with Crippen molar-refractivity contribution in [2.45, 2.75) is 64.0 Å². The summed E-state index contributed by atoms with van der Waals surface area (Å²) in [5, 5.41) is 10.9. The smallest absolute Gasteiger partial charge is 0.271 e. The number of piperidine rings is 1. The number of nitrogens with one attached hydrogen (secondary N) is 2. The van der Waals surface area contributed by atoms with Crippen LogP contribution in [0.5, 0.6) is 0 Å². The summed E-state index contributed by atoms with van der Waals surface area (Å²) in [6.07, 6.45) is 10.5. The van der Waals surface area contributed by atoms with Gasteiger partial charge in [-0.05, 0) is 57.6 Å². The summed E-state index contributed by atoms with van der Waals surface area (Å²) >= 11 is 0. The number of hydrogen-bond donors (Lipinski definition) is 2. The van der Waals surface area contributed by atoms with E-state index in [1.807, 2.05) is 23.9 Å². The van der Waals surface area contributed by atoms with Gasteiger partial charge in [0.2, 0.25) is 0 Å². The summed E-state index contributed by atoms with van der Waals surface area (Å²) in [5.74, 6) is 0.582. The number of amides is 1. The maximum atomic E-state index is 12.4. The monoisotopic (exact) mass is 384 g/mol. The zero-order valence-corrected chi connectivity index (χ0v) is 16.6. The molecule has 2 heterocycles. The van der Waals surface area contributed by atoms with E-state index in [-0.39, 0.29) is 24.4 Å². The summed E-state index contributed by atoms with van der Waals surface area (Å²) in [6, 6.07) is 2.18. The first-order chi connectivity index (χ1) is 12.3. The lowest BCUT2D eigenvalue weighted by Crippen LogP contribution is -2.33. The van der Waals surface area contributed by atoms with Gasteiger partial charge >= 0.3 is 0 Å². The molecule has 3 rings (SSSR count). The minimum Gasteiger partial charge on any atom is -0.378 e. The Bertz CT molecular complexity index is 539. The topological polar surface area (TPSA) is 68.2 Å². The van der Waals surface area contributed by atoms with Crippen LogP contribution >= 0.6 is 12.4 Å². The number of halogens is 1. The average Bonchev–Trinajstić information content (AvgIpc) is 3.33. The van der Waals surface area contributed by atoms with E-state index in [2.05, 4.69) is 15.7 Å². The van der Waals surface area contributed by atoms with Gasteiger partial charge in [-0.15, -0.1) is 12.4 Å². The van der Waals surface area contributed by atoms with Gasteiger partial charge in [0.15, 0.2) is 0 Å². The van der Waals surface area contributed by atoms with E-state index < -0.39 is 0 Å². The summed E-state index contributed by atoms with van der Waals surface area (Å²) in [6.45, 7) is 5.45. The molecule has 1 aliphatic carbocycles. The van der Waals surface area contributed by atoms with Crippen LogP contribution in [0.1, 0.15) is 68.4 Å². The van der Waals surface area contributed by atoms with Crippen molar-refractivity contribution in [3.05, 3.63) is 18.0 Å². The first kappa shape index (κ1) is 21.2. The lowest BCUT2D eigenvalue weighted by atomic mass is 9.98. The van der Waals surface area contributed by atoms with Gasteiger partial charge in [0, 0.05) is 25.9 Å². The highest BCUT2D eigenvalue weighted by Gasteiger charge is 2.25. The molecule has 1 aliphatic heterocycles. The molecular weight excluding hydrogens is 352 g/mol. The highest BCUT2D eigenvalue weighted by molar-refractivity contribution is 5.92. The van der Waals surface area contributed by atoms with Crippen molar-refractivity contribution >= 4 is 18.3 Å². The van der Waals surface area contributed by atoms with Gasteiger partial charge in [-0.25, -0.2) is 0 Å². The quantitative estimate of drug-likeness (QED) is 0.723. The van der Waals surface area contributed by atoms with Crippen molar-refractivity contribution in [2.75, 3.05) is 26.2 Å². The number of hydrogen-bond acceptors (Lipinski definition) is 4.